The van der Waals surface area contributed by atoms with E-state index in [1.54, 1.807) is 40.7 Å². The van der Waals surface area contributed by atoms with Gasteiger partial charge in [0.2, 0.25) is 10.0 Å². The van der Waals surface area contributed by atoms with Crippen LogP contribution >= 0.6 is 0 Å². The van der Waals surface area contributed by atoms with Gasteiger partial charge < -0.3 is 9.73 Å². The lowest BCUT2D eigenvalue weighted by Gasteiger charge is -2.15. The Morgan fingerprint density at radius 1 is 0.933 bits per heavy atom. The van der Waals surface area contributed by atoms with Crippen molar-refractivity contribution in [2.45, 2.75) is 31.2 Å². The van der Waals surface area contributed by atoms with Gasteiger partial charge in [0.15, 0.2) is 0 Å². The van der Waals surface area contributed by atoms with Crippen molar-refractivity contribution in [2.24, 2.45) is 0 Å². The highest BCUT2D eigenvalue weighted by molar-refractivity contribution is 7.89. The van der Waals surface area contributed by atoms with Gasteiger partial charge in [-0.2, -0.15) is 4.31 Å². The molecule has 0 unspecified atom stereocenters. The summed E-state index contributed by atoms with van der Waals surface area (Å²) < 4.78 is 32.3. The Bertz CT molecular complexity index is 1130. The average molecular weight is 425 g/mol. The summed E-state index contributed by atoms with van der Waals surface area (Å²) in [7, 11) is -3.41. The van der Waals surface area contributed by atoms with Gasteiger partial charge in [-0.3, -0.25) is 4.79 Å². The Balaban J connectivity index is 1.42. The first-order chi connectivity index (χ1) is 14.4. The van der Waals surface area contributed by atoms with E-state index in [0.717, 1.165) is 29.7 Å². The maximum Gasteiger partial charge on any atom is 0.251 e. The van der Waals surface area contributed by atoms with Crippen LogP contribution in [-0.4, -0.2) is 31.7 Å². The smallest absolute Gasteiger partial charge is 0.251 e. The molecule has 2 aromatic carbocycles. The largest absolute Gasteiger partial charge is 0.465 e. The number of furan rings is 1. The van der Waals surface area contributed by atoms with E-state index in [9.17, 15) is 13.2 Å². The van der Waals surface area contributed by atoms with E-state index in [1.807, 2.05) is 31.2 Å². The van der Waals surface area contributed by atoms with Crippen LogP contribution in [0, 0.1) is 6.92 Å². The SMILES string of the molecule is Cc1ccc(CNC(=O)c2ccc(-c3ccc(S(=O)(=O)N4CCCC4)cc3)cc2)o1. The molecule has 0 saturated carbocycles. The fourth-order valence-electron chi connectivity index (χ4n) is 3.56. The average Bonchev–Trinajstić information content (AvgIpc) is 3.45. The number of hydrogen-bond donors (Lipinski definition) is 1. The monoisotopic (exact) mass is 424 g/mol. The maximum atomic E-state index is 12.6. The Kier molecular flexibility index (Phi) is 5.74. The molecule has 156 valence electrons. The minimum absolute atomic E-state index is 0.178. The summed E-state index contributed by atoms with van der Waals surface area (Å²) in [5, 5.41) is 2.83. The molecule has 6 nitrogen and oxygen atoms in total. The second kappa shape index (κ2) is 8.45. The van der Waals surface area contributed by atoms with E-state index in [4.69, 9.17) is 4.42 Å². The molecule has 1 fully saturated rings. The lowest BCUT2D eigenvalue weighted by molar-refractivity contribution is 0.0948. The molecule has 1 saturated heterocycles. The highest BCUT2D eigenvalue weighted by Gasteiger charge is 2.26. The number of benzene rings is 2. The number of carbonyl (C=O) groups is 1. The second-order valence-electron chi connectivity index (χ2n) is 7.41. The lowest BCUT2D eigenvalue weighted by atomic mass is 10.0. The number of amides is 1. The first kappa shape index (κ1) is 20.4. The van der Waals surface area contributed by atoms with Crippen LogP contribution in [0.5, 0.6) is 0 Å². The van der Waals surface area contributed by atoms with Crippen LogP contribution in [-0.2, 0) is 16.6 Å². The van der Waals surface area contributed by atoms with Crippen LogP contribution in [0.3, 0.4) is 0 Å². The third kappa shape index (κ3) is 4.32. The van der Waals surface area contributed by atoms with Crippen molar-refractivity contribution in [1.29, 1.82) is 0 Å². The predicted octanol–water partition coefficient (Wildman–Crippen LogP) is 3.97. The molecule has 3 aromatic rings. The minimum Gasteiger partial charge on any atom is -0.465 e. The van der Waals surface area contributed by atoms with E-state index >= 15 is 0 Å². The van der Waals surface area contributed by atoms with Crippen LogP contribution in [0.2, 0.25) is 0 Å². The first-order valence-corrected chi connectivity index (χ1v) is 11.4. The molecule has 0 bridgehead atoms. The van der Waals surface area contributed by atoms with E-state index < -0.39 is 10.0 Å². The van der Waals surface area contributed by atoms with Gasteiger partial charge in [-0.25, -0.2) is 8.42 Å². The van der Waals surface area contributed by atoms with Crippen LogP contribution in [0.15, 0.2) is 70.0 Å². The molecular formula is C23H24N2O4S. The van der Waals surface area contributed by atoms with Gasteiger partial charge in [-0.05, 0) is 67.3 Å². The van der Waals surface area contributed by atoms with Gasteiger partial charge >= 0.3 is 0 Å². The number of sulfonamides is 1. The number of nitrogens with one attached hydrogen (secondary N) is 1. The number of aryl methyl sites for hydroxylation is 1. The lowest BCUT2D eigenvalue weighted by Crippen LogP contribution is -2.27. The van der Waals surface area contributed by atoms with Gasteiger partial charge in [0.25, 0.3) is 5.91 Å². The van der Waals surface area contributed by atoms with E-state index in [1.165, 1.54) is 0 Å². The molecule has 0 aliphatic carbocycles. The van der Waals surface area contributed by atoms with Gasteiger partial charge in [0, 0.05) is 18.7 Å². The number of carbonyl (C=O) groups excluding carboxylic acids is 1. The standard InChI is InChI=1S/C23H24N2O4S/c1-17-4-11-21(29-17)16-24-23(26)20-7-5-18(6-8-20)19-9-12-22(13-10-19)30(27,28)25-14-2-3-15-25/h4-13H,2-3,14-16H2,1H3,(H,24,26). The molecule has 1 N–H and O–H groups in total. The van der Waals surface area contributed by atoms with Crippen molar-refractivity contribution < 1.29 is 17.6 Å². The molecule has 0 atom stereocenters. The molecule has 2 heterocycles. The van der Waals surface area contributed by atoms with Gasteiger partial charge in [0.1, 0.15) is 11.5 Å². The number of rotatable bonds is 6. The van der Waals surface area contributed by atoms with Gasteiger partial charge in [0.05, 0.1) is 11.4 Å². The predicted molar refractivity (Wildman–Crippen MR) is 114 cm³/mol. The quantitative estimate of drug-likeness (QED) is 0.649. The Hall–Kier alpha value is -2.90. The molecule has 0 radical (unpaired) electrons. The Labute approximate surface area is 176 Å². The normalized spacial score (nSPS) is 14.7. The van der Waals surface area contributed by atoms with Crippen molar-refractivity contribution in [3.63, 3.8) is 0 Å². The highest BCUT2D eigenvalue weighted by Crippen LogP contribution is 2.25. The second-order valence-corrected chi connectivity index (χ2v) is 9.35. The highest BCUT2D eigenvalue weighted by atomic mass is 32.2. The molecule has 0 spiro atoms. The molecule has 4 rings (SSSR count). The van der Waals surface area contributed by atoms with Gasteiger partial charge in [-0.1, -0.05) is 24.3 Å². The number of hydrogen-bond acceptors (Lipinski definition) is 4. The van der Waals surface area contributed by atoms with E-state index in [2.05, 4.69) is 5.32 Å². The fourth-order valence-corrected chi connectivity index (χ4v) is 5.08. The molecule has 1 aliphatic rings. The first-order valence-electron chi connectivity index (χ1n) is 9.98. The van der Waals surface area contributed by atoms with Crippen LogP contribution < -0.4 is 5.32 Å². The summed E-state index contributed by atoms with van der Waals surface area (Å²) in [6.45, 7) is 3.38. The zero-order valence-electron chi connectivity index (χ0n) is 16.8. The van der Waals surface area contributed by atoms with Crippen molar-refractivity contribution in [3.05, 3.63) is 77.7 Å². The molecule has 7 heteroatoms. The summed E-state index contributed by atoms with van der Waals surface area (Å²) in [5.74, 6) is 1.34. The Morgan fingerprint density at radius 3 is 2.10 bits per heavy atom. The van der Waals surface area contributed by atoms with Crippen molar-refractivity contribution in [3.8, 4) is 11.1 Å². The maximum absolute atomic E-state index is 12.6. The summed E-state index contributed by atoms with van der Waals surface area (Å²) in [4.78, 5) is 12.6. The van der Waals surface area contributed by atoms with E-state index in [0.29, 0.717) is 35.9 Å². The van der Waals surface area contributed by atoms with Crippen molar-refractivity contribution >= 4 is 15.9 Å². The zero-order chi connectivity index (χ0) is 21.1. The van der Waals surface area contributed by atoms with Crippen molar-refractivity contribution in [2.75, 3.05) is 13.1 Å². The molecule has 30 heavy (non-hydrogen) atoms. The molecular weight excluding hydrogens is 400 g/mol. The van der Waals surface area contributed by atoms with Crippen LogP contribution in [0.1, 0.15) is 34.7 Å². The van der Waals surface area contributed by atoms with Gasteiger partial charge in [-0.15, -0.1) is 0 Å². The zero-order valence-corrected chi connectivity index (χ0v) is 17.6. The molecule has 1 aromatic heterocycles. The third-order valence-electron chi connectivity index (χ3n) is 5.26. The molecule has 1 amide bonds. The number of nitrogens with zero attached hydrogens (tertiary/aromatic N) is 1. The van der Waals surface area contributed by atoms with Crippen molar-refractivity contribution in [1.82, 2.24) is 9.62 Å². The summed E-state index contributed by atoms with van der Waals surface area (Å²) >= 11 is 0. The summed E-state index contributed by atoms with van der Waals surface area (Å²) in [6.07, 6.45) is 1.83. The summed E-state index contributed by atoms with van der Waals surface area (Å²) in [5.41, 5.74) is 2.36. The Morgan fingerprint density at radius 2 is 1.53 bits per heavy atom. The topological polar surface area (TPSA) is 79.6 Å². The fraction of sp³-hybridized carbons (Fsp3) is 0.261. The van der Waals surface area contributed by atoms with Crippen LogP contribution in [0.25, 0.3) is 11.1 Å². The van der Waals surface area contributed by atoms with Crippen LogP contribution in [0.4, 0.5) is 0 Å². The van der Waals surface area contributed by atoms with E-state index in [-0.39, 0.29) is 5.91 Å². The summed E-state index contributed by atoms with van der Waals surface area (Å²) in [6, 6.07) is 17.8. The minimum atomic E-state index is -3.41. The third-order valence-corrected chi connectivity index (χ3v) is 7.17. The molecule has 1 aliphatic heterocycles.